The van der Waals surface area contributed by atoms with Gasteiger partial charge in [0.05, 0.1) is 37.8 Å². The van der Waals surface area contributed by atoms with Crippen LogP contribution in [-0.4, -0.2) is 78.2 Å². The second kappa shape index (κ2) is 9.36. The summed E-state index contributed by atoms with van der Waals surface area (Å²) in [5.41, 5.74) is 2.21. The second-order valence-corrected chi connectivity index (χ2v) is 8.42. The number of aromatic nitrogens is 2. The molecule has 1 atom stereocenters. The molecule has 1 aromatic carbocycles. The van der Waals surface area contributed by atoms with Crippen molar-refractivity contribution in [3.63, 3.8) is 0 Å². The Bertz CT molecular complexity index is 1210. The molecule has 3 heterocycles. The van der Waals surface area contributed by atoms with E-state index in [1.807, 2.05) is 4.40 Å². The monoisotopic (exact) mass is 474 g/mol. The van der Waals surface area contributed by atoms with Gasteiger partial charge in [0.2, 0.25) is 0 Å². The lowest BCUT2D eigenvalue weighted by Gasteiger charge is -2.32. The van der Waals surface area contributed by atoms with Gasteiger partial charge in [0.15, 0.2) is 0 Å². The zero-order valence-electron chi connectivity index (χ0n) is 18.5. The van der Waals surface area contributed by atoms with Gasteiger partial charge in [0.25, 0.3) is 5.91 Å². The van der Waals surface area contributed by atoms with Gasteiger partial charge >= 0.3 is 6.09 Å². The molecule has 2 amide bonds. The molecule has 1 saturated heterocycles. The molecule has 0 bridgehead atoms. The maximum absolute atomic E-state index is 15.2. The van der Waals surface area contributed by atoms with Crippen LogP contribution in [0.25, 0.3) is 16.9 Å². The van der Waals surface area contributed by atoms with Crippen LogP contribution in [0, 0.1) is 5.82 Å². The molecule has 2 aromatic heterocycles. The first kappa shape index (κ1) is 23.0. The first-order valence-electron chi connectivity index (χ1n) is 10.4. The van der Waals surface area contributed by atoms with Gasteiger partial charge in [-0.3, -0.25) is 4.79 Å². The third kappa shape index (κ3) is 4.65. The lowest BCUT2D eigenvalue weighted by molar-refractivity contribution is -0.0241. The number of nitrogens with zero attached hydrogens (tertiary/aromatic N) is 4. The highest BCUT2D eigenvalue weighted by Crippen LogP contribution is 2.30. The molecule has 8 nitrogen and oxygen atoms in total. The summed E-state index contributed by atoms with van der Waals surface area (Å²) in [6, 6.07) is 7.77. The zero-order chi connectivity index (χ0) is 23.7. The number of benzene rings is 1. The van der Waals surface area contributed by atoms with Gasteiger partial charge < -0.3 is 23.7 Å². The van der Waals surface area contributed by atoms with E-state index in [4.69, 9.17) is 21.1 Å². The van der Waals surface area contributed by atoms with Gasteiger partial charge in [-0.05, 0) is 24.3 Å². The average Bonchev–Trinajstić information content (AvgIpc) is 3.14. The zero-order valence-corrected chi connectivity index (χ0v) is 19.3. The van der Waals surface area contributed by atoms with Crippen molar-refractivity contribution in [2.45, 2.75) is 12.5 Å². The fourth-order valence-electron chi connectivity index (χ4n) is 3.93. The number of imidazole rings is 1. The van der Waals surface area contributed by atoms with Crippen molar-refractivity contribution in [3.05, 3.63) is 58.6 Å². The van der Waals surface area contributed by atoms with E-state index in [1.54, 1.807) is 49.5 Å². The molecule has 4 rings (SSSR count). The first-order valence-corrected chi connectivity index (χ1v) is 10.8. The first-order chi connectivity index (χ1) is 15.8. The molecule has 33 heavy (non-hydrogen) atoms. The van der Waals surface area contributed by atoms with Crippen LogP contribution in [0.1, 0.15) is 16.1 Å². The quantitative estimate of drug-likeness (QED) is 0.578. The number of fused-ring (bicyclic) bond motifs is 1. The number of carbonyl (C=O) groups excluding carboxylic acids is 2. The molecule has 0 saturated carbocycles. The van der Waals surface area contributed by atoms with Gasteiger partial charge in [0.1, 0.15) is 11.5 Å². The minimum Gasteiger partial charge on any atom is -0.453 e. The summed E-state index contributed by atoms with van der Waals surface area (Å²) in [6.07, 6.45) is 1.40. The average molecular weight is 475 g/mol. The Labute approximate surface area is 195 Å². The maximum atomic E-state index is 15.2. The minimum absolute atomic E-state index is 0.249. The lowest BCUT2D eigenvalue weighted by Crippen LogP contribution is -2.46. The molecule has 1 aliphatic heterocycles. The molecule has 0 unspecified atom stereocenters. The van der Waals surface area contributed by atoms with E-state index in [-0.39, 0.29) is 23.1 Å². The number of methoxy groups -OCH3 is 1. The molecule has 10 heteroatoms. The Morgan fingerprint density at radius 1 is 1.30 bits per heavy atom. The summed E-state index contributed by atoms with van der Waals surface area (Å²) in [6.45, 7) is 1.15. The molecule has 0 aliphatic carbocycles. The van der Waals surface area contributed by atoms with E-state index < -0.39 is 11.9 Å². The molecule has 0 spiro atoms. The normalized spacial score (nSPS) is 16.2. The SMILES string of the molecule is COC(=O)N1CCO[C@@H](Cc2c(-c3ccc(C(=O)N(C)C)cc3F)nc3cc(Cl)ccn23)C1. The molecule has 1 aliphatic rings. The number of hydrogen-bond acceptors (Lipinski definition) is 5. The summed E-state index contributed by atoms with van der Waals surface area (Å²) in [7, 11) is 4.56. The second-order valence-electron chi connectivity index (χ2n) is 7.99. The van der Waals surface area contributed by atoms with Crippen molar-refractivity contribution < 1.29 is 23.5 Å². The standard InChI is InChI=1S/C23H24ClFN4O4/c1-27(2)22(30)14-4-5-17(18(25)10-14)21-19(29-7-6-15(24)11-20(29)26-21)12-16-13-28(8-9-33-16)23(31)32-3/h4-7,10-11,16H,8-9,12-13H2,1-3H3/t16-/m0/s1. The van der Waals surface area contributed by atoms with E-state index in [0.717, 1.165) is 0 Å². The fraction of sp³-hybridized carbons (Fsp3) is 0.348. The van der Waals surface area contributed by atoms with Crippen molar-refractivity contribution in [2.24, 2.45) is 0 Å². The van der Waals surface area contributed by atoms with E-state index >= 15 is 4.39 Å². The molecule has 174 valence electrons. The predicted octanol–water partition coefficient (Wildman–Crippen LogP) is 3.51. The van der Waals surface area contributed by atoms with Crippen molar-refractivity contribution in [1.82, 2.24) is 19.2 Å². The number of pyridine rings is 1. The summed E-state index contributed by atoms with van der Waals surface area (Å²) in [5, 5.41) is 0.504. The van der Waals surface area contributed by atoms with Gasteiger partial charge in [-0.25, -0.2) is 14.2 Å². The van der Waals surface area contributed by atoms with E-state index in [1.165, 1.54) is 18.1 Å². The van der Waals surface area contributed by atoms with E-state index in [2.05, 4.69) is 4.98 Å². The Morgan fingerprint density at radius 2 is 2.09 bits per heavy atom. The summed E-state index contributed by atoms with van der Waals surface area (Å²) < 4.78 is 27.7. The van der Waals surface area contributed by atoms with Crippen LogP contribution >= 0.6 is 11.6 Å². The number of hydrogen-bond donors (Lipinski definition) is 0. The number of ether oxygens (including phenoxy) is 2. The fourth-order valence-corrected chi connectivity index (χ4v) is 4.09. The summed E-state index contributed by atoms with van der Waals surface area (Å²) in [4.78, 5) is 31.8. The number of amides is 2. The highest BCUT2D eigenvalue weighted by molar-refractivity contribution is 6.30. The summed E-state index contributed by atoms with van der Waals surface area (Å²) in [5.74, 6) is -0.847. The van der Waals surface area contributed by atoms with Crippen molar-refractivity contribution >= 4 is 29.2 Å². The van der Waals surface area contributed by atoms with Gasteiger partial charge in [-0.15, -0.1) is 0 Å². The van der Waals surface area contributed by atoms with Crippen LogP contribution < -0.4 is 0 Å². The highest BCUT2D eigenvalue weighted by atomic mass is 35.5. The third-order valence-electron chi connectivity index (χ3n) is 5.56. The van der Waals surface area contributed by atoms with Crippen LogP contribution in [-0.2, 0) is 15.9 Å². The smallest absolute Gasteiger partial charge is 0.409 e. The molecule has 1 fully saturated rings. The molecule has 3 aromatic rings. The molecule has 0 radical (unpaired) electrons. The van der Waals surface area contributed by atoms with Crippen LogP contribution in [0.15, 0.2) is 36.5 Å². The Balaban J connectivity index is 1.74. The van der Waals surface area contributed by atoms with Gasteiger partial charge in [-0.1, -0.05) is 11.6 Å². The van der Waals surface area contributed by atoms with Crippen molar-refractivity contribution in [1.29, 1.82) is 0 Å². The highest BCUT2D eigenvalue weighted by Gasteiger charge is 2.28. The van der Waals surface area contributed by atoms with E-state index in [0.29, 0.717) is 48.2 Å². The molecular weight excluding hydrogens is 451 g/mol. The van der Waals surface area contributed by atoms with Crippen LogP contribution in [0.5, 0.6) is 0 Å². The van der Waals surface area contributed by atoms with Gasteiger partial charge in [0, 0.05) is 55.5 Å². The predicted molar refractivity (Wildman–Crippen MR) is 121 cm³/mol. The Hall–Kier alpha value is -3.17. The lowest BCUT2D eigenvalue weighted by atomic mass is 10.0. The van der Waals surface area contributed by atoms with Gasteiger partial charge in [-0.2, -0.15) is 0 Å². The number of rotatable bonds is 4. The van der Waals surface area contributed by atoms with Crippen LogP contribution in [0.2, 0.25) is 5.02 Å². The molecule has 0 N–H and O–H groups in total. The minimum atomic E-state index is -0.556. The topological polar surface area (TPSA) is 76.4 Å². The van der Waals surface area contributed by atoms with Crippen LogP contribution in [0.4, 0.5) is 9.18 Å². The maximum Gasteiger partial charge on any atom is 0.409 e. The third-order valence-corrected chi connectivity index (χ3v) is 5.79. The number of halogens is 2. The van der Waals surface area contributed by atoms with E-state index in [9.17, 15) is 9.59 Å². The number of morpholine rings is 1. The Kier molecular flexibility index (Phi) is 6.53. The number of carbonyl (C=O) groups is 2. The molecular formula is C23H24ClFN4O4. The largest absolute Gasteiger partial charge is 0.453 e. The van der Waals surface area contributed by atoms with Crippen LogP contribution in [0.3, 0.4) is 0 Å². The van der Waals surface area contributed by atoms with Crippen molar-refractivity contribution in [2.75, 3.05) is 40.9 Å². The summed E-state index contributed by atoms with van der Waals surface area (Å²) >= 11 is 6.15. The van der Waals surface area contributed by atoms with Crippen molar-refractivity contribution in [3.8, 4) is 11.3 Å². The Morgan fingerprint density at radius 3 is 2.79 bits per heavy atom.